The van der Waals surface area contributed by atoms with Crippen LogP contribution in [-0.4, -0.2) is 37.7 Å². The highest BCUT2D eigenvalue weighted by atomic mass is 35.5. The number of nitrogens with zero attached hydrogens (tertiary/aromatic N) is 1. The molecule has 0 unspecified atom stereocenters. The Morgan fingerprint density at radius 3 is 2.40 bits per heavy atom. The molecule has 1 aromatic rings. The summed E-state index contributed by atoms with van der Waals surface area (Å²) in [5.74, 6) is -0.660. The smallest absolute Gasteiger partial charge is 0.414 e. The van der Waals surface area contributed by atoms with Crippen LogP contribution in [0.3, 0.4) is 0 Å². The van der Waals surface area contributed by atoms with Crippen molar-refractivity contribution in [1.29, 1.82) is 0 Å². The second kappa shape index (κ2) is 5.96. The van der Waals surface area contributed by atoms with Gasteiger partial charge in [-0.1, -0.05) is 23.7 Å². The lowest BCUT2D eigenvalue weighted by molar-refractivity contribution is -0.137. The van der Waals surface area contributed by atoms with Crippen LogP contribution >= 0.6 is 11.6 Å². The fraction of sp³-hybridized carbons (Fsp3) is 0.286. The maximum atomic E-state index is 11.7. The van der Waals surface area contributed by atoms with Crippen LogP contribution in [0.15, 0.2) is 36.0 Å². The van der Waals surface area contributed by atoms with Crippen molar-refractivity contribution in [1.82, 2.24) is 4.90 Å². The molecule has 1 aromatic carbocycles. The zero-order valence-electron chi connectivity index (χ0n) is 11.1. The maximum Gasteiger partial charge on any atom is 0.414 e. The normalized spacial score (nSPS) is 17.6. The van der Waals surface area contributed by atoms with Crippen LogP contribution in [0.4, 0.5) is 4.79 Å². The summed E-state index contributed by atoms with van der Waals surface area (Å²) in [6.45, 7) is 0.332. The molecule has 2 rings (SSSR count). The molecule has 20 heavy (non-hydrogen) atoms. The summed E-state index contributed by atoms with van der Waals surface area (Å²) in [7, 11) is 2.54. The third kappa shape index (κ3) is 2.77. The molecule has 6 heteroatoms. The van der Waals surface area contributed by atoms with Gasteiger partial charge in [0.2, 0.25) is 0 Å². The van der Waals surface area contributed by atoms with Crippen LogP contribution in [0, 0.1) is 0 Å². The number of rotatable bonds is 2. The number of halogens is 1. The van der Waals surface area contributed by atoms with E-state index in [1.807, 2.05) is 12.1 Å². The number of hydrogen-bond acceptors (Lipinski definition) is 4. The van der Waals surface area contributed by atoms with Gasteiger partial charge in [0.25, 0.3) is 0 Å². The fourth-order valence-corrected chi connectivity index (χ4v) is 2.23. The van der Waals surface area contributed by atoms with Gasteiger partial charge in [-0.15, -0.1) is 0 Å². The van der Waals surface area contributed by atoms with Crippen molar-refractivity contribution in [2.24, 2.45) is 0 Å². The Hall–Kier alpha value is -2.01. The van der Waals surface area contributed by atoms with Crippen molar-refractivity contribution < 1.29 is 19.1 Å². The molecule has 0 N–H and O–H groups in total. The Balaban J connectivity index is 2.29. The van der Waals surface area contributed by atoms with Crippen LogP contribution in [0.1, 0.15) is 11.5 Å². The number of esters is 1. The van der Waals surface area contributed by atoms with Gasteiger partial charge in [0.1, 0.15) is 5.70 Å². The van der Waals surface area contributed by atoms with Crippen molar-refractivity contribution in [3.05, 3.63) is 46.6 Å². The molecular formula is C14H14ClNO4. The van der Waals surface area contributed by atoms with E-state index >= 15 is 0 Å². The van der Waals surface area contributed by atoms with Crippen LogP contribution in [-0.2, 0) is 14.3 Å². The minimum atomic E-state index is -0.585. The highest BCUT2D eigenvalue weighted by molar-refractivity contribution is 6.30. The average Bonchev–Trinajstić information content (AvgIpc) is 2.91. The fourth-order valence-electron chi connectivity index (χ4n) is 2.11. The standard InChI is InChI=1S/C14H14ClNO4/c1-19-13(17)12-7-10(8-16(12)14(18)20-2)9-3-5-11(15)6-4-9/h3-7,10H,8H2,1-2H3/t10-/m1/s1. The Kier molecular flexibility index (Phi) is 4.29. The first-order valence-corrected chi connectivity index (χ1v) is 6.35. The summed E-state index contributed by atoms with van der Waals surface area (Å²) in [4.78, 5) is 24.7. The summed E-state index contributed by atoms with van der Waals surface area (Å²) in [6, 6.07) is 7.26. The summed E-state index contributed by atoms with van der Waals surface area (Å²) >= 11 is 5.85. The molecule has 0 radical (unpaired) electrons. The molecule has 0 fully saturated rings. The average molecular weight is 296 g/mol. The summed E-state index contributed by atoms with van der Waals surface area (Å²) in [5, 5.41) is 0.633. The van der Waals surface area contributed by atoms with E-state index in [0.29, 0.717) is 11.6 Å². The molecule has 0 saturated carbocycles. The van der Waals surface area contributed by atoms with Gasteiger partial charge in [0.05, 0.1) is 14.2 Å². The minimum absolute atomic E-state index is 0.0968. The monoisotopic (exact) mass is 295 g/mol. The molecule has 0 saturated heterocycles. The first kappa shape index (κ1) is 14.4. The van der Waals surface area contributed by atoms with Gasteiger partial charge in [-0.25, -0.2) is 9.59 Å². The van der Waals surface area contributed by atoms with Gasteiger partial charge < -0.3 is 9.47 Å². The van der Waals surface area contributed by atoms with E-state index in [-0.39, 0.29) is 11.6 Å². The number of carbonyl (C=O) groups excluding carboxylic acids is 2. The van der Waals surface area contributed by atoms with Crippen LogP contribution < -0.4 is 0 Å². The first-order valence-electron chi connectivity index (χ1n) is 5.98. The second-order valence-electron chi connectivity index (χ2n) is 4.28. The number of hydrogen-bond donors (Lipinski definition) is 0. The Morgan fingerprint density at radius 1 is 1.20 bits per heavy atom. The number of ether oxygens (including phenoxy) is 2. The molecule has 0 aromatic heterocycles. The zero-order valence-corrected chi connectivity index (χ0v) is 11.9. The summed E-state index contributed by atoms with van der Waals surface area (Å²) < 4.78 is 9.36. The number of carbonyl (C=O) groups is 2. The molecule has 106 valence electrons. The van der Waals surface area contributed by atoms with Gasteiger partial charge in [0, 0.05) is 17.5 Å². The lowest BCUT2D eigenvalue weighted by atomic mass is 10.0. The summed E-state index contributed by atoms with van der Waals surface area (Å²) in [6.07, 6.45) is 1.12. The molecule has 1 aliphatic rings. The van der Waals surface area contributed by atoms with Crippen molar-refractivity contribution in [3.8, 4) is 0 Å². The Bertz CT molecular complexity index is 553. The Morgan fingerprint density at radius 2 is 1.85 bits per heavy atom. The molecule has 0 aliphatic carbocycles. The van der Waals surface area contributed by atoms with Crippen molar-refractivity contribution in [2.45, 2.75) is 5.92 Å². The zero-order chi connectivity index (χ0) is 14.7. The van der Waals surface area contributed by atoms with E-state index in [1.165, 1.54) is 19.1 Å². The second-order valence-corrected chi connectivity index (χ2v) is 4.72. The largest absolute Gasteiger partial charge is 0.464 e. The van der Waals surface area contributed by atoms with Gasteiger partial charge in [-0.3, -0.25) is 4.90 Å². The van der Waals surface area contributed by atoms with Gasteiger partial charge >= 0.3 is 12.1 Å². The predicted molar refractivity (Wildman–Crippen MR) is 73.4 cm³/mol. The van der Waals surface area contributed by atoms with E-state index in [4.69, 9.17) is 11.6 Å². The van der Waals surface area contributed by atoms with Gasteiger partial charge in [-0.05, 0) is 23.8 Å². The quantitative estimate of drug-likeness (QED) is 0.787. The van der Waals surface area contributed by atoms with Crippen molar-refractivity contribution >= 4 is 23.7 Å². The van der Waals surface area contributed by atoms with Crippen LogP contribution in [0.5, 0.6) is 0 Å². The lowest BCUT2D eigenvalue weighted by Gasteiger charge is -2.18. The predicted octanol–water partition coefficient (Wildman–Crippen LogP) is 2.56. The lowest BCUT2D eigenvalue weighted by Crippen LogP contribution is -2.32. The SMILES string of the molecule is COC(=O)C1=C[C@@H](c2ccc(Cl)cc2)CN1C(=O)OC. The number of benzene rings is 1. The minimum Gasteiger partial charge on any atom is -0.464 e. The molecule has 0 spiro atoms. The van der Waals surface area contributed by atoms with E-state index < -0.39 is 12.1 Å². The molecule has 0 bridgehead atoms. The highest BCUT2D eigenvalue weighted by Crippen LogP contribution is 2.30. The maximum absolute atomic E-state index is 11.7. The molecular weight excluding hydrogens is 282 g/mol. The summed E-state index contributed by atoms with van der Waals surface area (Å²) in [5.41, 5.74) is 1.15. The van der Waals surface area contributed by atoms with E-state index in [2.05, 4.69) is 9.47 Å². The molecule has 1 atom stereocenters. The molecule has 1 aliphatic heterocycles. The van der Waals surface area contributed by atoms with Crippen LogP contribution in [0.2, 0.25) is 5.02 Å². The third-order valence-electron chi connectivity index (χ3n) is 3.12. The van der Waals surface area contributed by atoms with Crippen molar-refractivity contribution in [3.63, 3.8) is 0 Å². The topological polar surface area (TPSA) is 55.8 Å². The van der Waals surface area contributed by atoms with E-state index in [1.54, 1.807) is 18.2 Å². The third-order valence-corrected chi connectivity index (χ3v) is 3.37. The van der Waals surface area contributed by atoms with Gasteiger partial charge in [0.15, 0.2) is 0 Å². The van der Waals surface area contributed by atoms with Crippen molar-refractivity contribution in [2.75, 3.05) is 20.8 Å². The highest BCUT2D eigenvalue weighted by Gasteiger charge is 2.34. The van der Waals surface area contributed by atoms with E-state index in [9.17, 15) is 9.59 Å². The molecule has 5 nitrogen and oxygen atoms in total. The number of amides is 1. The van der Waals surface area contributed by atoms with E-state index in [0.717, 1.165) is 5.56 Å². The number of methoxy groups -OCH3 is 2. The van der Waals surface area contributed by atoms with Crippen LogP contribution in [0.25, 0.3) is 0 Å². The Labute approximate surface area is 121 Å². The first-order chi connectivity index (χ1) is 9.56. The molecule has 1 heterocycles. The molecule has 1 amide bonds. The van der Waals surface area contributed by atoms with Gasteiger partial charge in [-0.2, -0.15) is 0 Å².